The third-order valence-corrected chi connectivity index (χ3v) is 4.50. The van der Waals surface area contributed by atoms with Gasteiger partial charge in [-0.05, 0) is 50.5 Å². The molecule has 5 nitrogen and oxygen atoms in total. The van der Waals surface area contributed by atoms with E-state index in [1.165, 1.54) is 0 Å². The van der Waals surface area contributed by atoms with Crippen LogP contribution in [-0.4, -0.2) is 25.8 Å². The van der Waals surface area contributed by atoms with Crippen LogP contribution in [0.25, 0.3) is 10.8 Å². The average molecular weight is 413 g/mol. The van der Waals surface area contributed by atoms with Crippen LogP contribution in [0.5, 0.6) is 11.5 Å². The number of carbonyl (C=O) groups is 1. The lowest BCUT2D eigenvalue weighted by Crippen LogP contribution is -2.24. The van der Waals surface area contributed by atoms with E-state index in [2.05, 4.69) is 26.5 Å². The summed E-state index contributed by atoms with van der Waals surface area (Å²) in [5.41, 5.74) is 3.27. The second kappa shape index (κ2) is 8.49. The van der Waals surface area contributed by atoms with Gasteiger partial charge in [-0.15, -0.1) is 0 Å². The van der Waals surface area contributed by atoms with E-state index in [4.69, 9.17) is 9.47 Å². The number of amides is 1. The van der Waals surface area contributed by atoms with Gasteiger partial charge in [0.2, 0.25) is 0 Å². The molecule has 3 aromatic carbocycles. The van der Waals surface area contributed by atoms with Crippen molar-refractivity contribution in [1.82, 2.24) is 5.43 Å². The van der Waals surface area contributed by atoms with Gasteiger partial charge < -0.3 is 9.47 Å². The summed E-state index contributed by atoms with van der Waals surface area (Å²) in [7, 11) is 1.60. The number of hydrogen-bond acceptors (Lipinski definition) is 4. The van der Waals surface area contributed by atoms with Crippen LogP contribution in [0.15, 0.2) is 70.2 Å². The predicted octanol–water partition coefficient (Wildman–Crippen LogP) is 4.14. The predicted molar refractivity (Wildman–Crippen MR) is 106 cm³/mol. The molecule has 26 heavy (non-hydrogen) atoms. The molecule has 6 heteroatoms. The minimum absolute atomic E-state index is 0.133. The Bertz CT molecular complexity index is 957. The zero-order valence-electron chi connectivity index (χ0n) is 14.1. The van der Waals surface area contributed by atoms with Crippen molar-refractivity contribution in [3.63, 3.8) is 0 Å². The summed E-state index contributed by atoms with van der Waals surface area (Å²) in [6.45, 7) is -0.133. The fourth-order valence-corrected chi connectivity index (χ4v) is 3.01. The van der Waals surface area contributed by atoms with Crippen molar-refractivity contribution in [3.05, 3.63) is 70.7 Å². The Balaban J connectivity index is 1.57. The van der Waals surface area contributed by atoms with E-state index in [-0.39, 0.29) is 12.5 Å². The van der Waals surface area contributed by atoms with Crippen LogP contribution in [0, 0.1) is 0 Å². The molecule has 3 rings (SSSR count). The molecule has 0 unspecified atom stereocenters. The van der Waals surface area contributed by atoms with Gasteiger partial charge in [-0.2, -0.15) is 5.10 Å². The highest BCUT2D eigenvalue weighted by atomic mass is 79.9. The van der Waals surface area contributed by atoms with Crippen LogP contribution < -0.4 is 14.9 Å². The summed E-state index contributed by atoms with van der Waals surface area (Å²) >= 11 is 3.53. The second-order valence-corrected chi connectivity index (χ2v) is 6.25. The summed E-state index contributed by atoms with van der Waals surface area (Å²) in [6.07, 6.45) is 1.55. The fourth-order valence-electron chi connectivity index (χ4n) is 2.40. The first kappa shape index (κ1) is 17.9. The fraction of sp³-hybridized carbons (Fsp3) is 0.100. The lowest BCUT2D eigenvalue weighted by molar-refractivity contribution is -0.123. The van der Waals surface area contributed by atoms with Crippen LogP contribution in [0.1, 0.15) is 5.56 Å². The number of fused-ring (bicyclic) bond motifs is 1. The summed E-state index contributed by atoms with van der Waals surface area (Å²) < 4.78 is 11.6. The van der Waals surface area contributed by atoms with E-state index in [0.29, 0.717) is 5.75 Å². The number of halogens is 1. The molecule has 0 bridgehead atoms. The molecular formula is C20H17BrN2O3. The molecule has 0 aliphatic carbocycles. The Morgan fingerprint density at radius 1 is 1.15 bits per heavy atom. The summed E-state index contributed by atoms with van der Waals surface area (Å²) in [4.78, 5) is 11.9. The van der Waals surface area contributed by atoms with E-state index in [9.17, 15) is 4.79 Å². The van der Waals surface area contributed by atoms with Crippen molar-refractivity contribution < 1.29 is 14.3 Å². The monoisotopic (exact) mass is 412 g/mol. The van der Waals surface area contributed by atoms with E-state index in [0.717, 1.165) is 26.6 Å². The number of benzene rings is 3. The van der Waals surface area contributed by atoms with Gasteiger partial charge in [0.15, 0.2) is 6.61 Å². The molecule has 0 saturated heterocycles. The zero-order chi connectivity index (χ0) is 18.4. The number of ether oxygens (including phenoxy) is 2. The number of hydrazone groups is 1. The quantitative estimate of drug-likeness (QED) is 0.488. The van der Waals surface area contributed by atoms with Gasteiger partial charge in [0.25, 0.3) is 5.91 Å². The number of rotatable bonds is 6. The lowest BCUT2D eigenvalue weighted by atomic mass is 10.1. The van der Waals surface area contributed by atoms with Gasteiger partial charge in [0, 0.05) is 0 Å². The molecule has 132 valence electrons. The lowest BCUT2D eigenvalue weighted by Gasteiger charge is -2.09. The highest BCUT2D eigenvalue weighted by Gasteiger charge is 2.08. The topological polar surface area (TPSA) is 59.9 Å². The molecule has 0 spiro atoms. The Hall–Kier alpha value is -2.86. The smallest absolute Gasteiger partial charge is 0.277 e. The summed E-state index contributed by atoms with van der Waals surface area (Å²) in [5, 5.41) is 6.06. The standard InChI is InChI=1S/C20H17BrN2O3/c1-25-16-7-4-5-14(11-16)12-22-23-19(24)13-26-18-10-9-15-6-2-3-8-17(15)20(18)21/h2-12H,13H2,1H3,(H,23,24). The number of nitrogens with zero attached hydrogens (tertiary/aromatic N) is 1. The normalized spacial score (nSPS) is 10.8. The van der Waals surface area contributed by atoms with E-state index in [1.807, 2.05) is 60.7 Å². The van der Waals surface area contributed by atoms with Gasteiger partial charge in [0.1, 0.15) is 11.5 Å². The number of carbonyl (C=O) groups excluding carboxylic acids is 1. The average Bonchev–Trinajstić information content (AvgIpc) is 2.68. The second-order valence-electron chi connectivity index (χ2n) is 5.46. The van der Waals surface area contributed by atoms with E-state index < -0.39 is 0 Å². The summed E-state index contributed by atoms with van der Waals surface area (Å²) in [5.74, 6) is 0.990. The molecule has 0 aliphatic heterocycles. The van der Waals surface area contributed by atoms with Crippen molar-refractivity contribution in [2.45, 2.75) is 0 Å². The number of hydrogen-bond donors (Lipinski definition) is 1. The third kappa shape index (κ3) is 4.40. The van der Waals surface area contributed by atoms with Crippen LogP contribution in [0.4, 0.5) is 0 Å². The Morgan fingerprint density at radius 3 is 2.85 bits per heavy atom. The minimum Gasteiger partial charge on any atom is -0.497 e. The minimum atomic E-state index is -0.343. The molecule has 1 N–H and O–H groups in total. The van der Waals surface area contributed by atoms with Crippen LogP contribution >= 0.6 is 15.9 Å². The Labute approximate surface area is 159 Å². The molecule has 0 aliphatic rings. The molecule has 1 amide bonds. The SMILES string of the molecule is COc1cccc(C=NNC(=O)COc2ccc3ccccc3c2Br)c1. The van der Waals surface area contributed by atoms with Gasteiger partial charge in [-0.1, -0.05) is 42.5 Å². The highest BCUT2D eigenvalue weighted by Crippen LogP contribution is 2.32. The van der Waals surface area contributed by atoms with Crippen molar-refractivity contribution in [3.8, 4) is 11.5 Å². The van der Waals surface area contributed by atoms with Crippen molar-refractivity contribution in [1.29, 1.82) is 0 Å². The van der Waals surface area contributed by atoms with E-state index in [1.54, 1.807) is 13.3 Å². The zero-order valence-corrected chi connectivity index (χ0v) is 15.7. The maximum atomic E-state index is 11.9. The molecule has 3 aromatic rings. The van der Waals surface area contributed by atoms with Crippen molar-refractivity contribution in [2.24, 2.45) is 5.10 Å². The molecule has 0 radical (unpaired) electrons. The maximum Gasteiger partial charge on any atom is 0.277 e. The highest BCUT2D eigenvalue weighted by molar-refractivity contribution is 9.10. The van der Waals surface area contributed by atoms with Gasteiger partial charge in [-0.3, -0.25) is 4.79 Å². The molecule has 0 aromatic heterocycles. The van der Waals surface area contributed by atoms with Crippen molar-refractivity contribution in [2.75, 3.05) is 13.7 Å². The molecular weight excluding hydrogens is 396 g/mol. The summed E-state index contributed by atoms with van der Waals surface area (Å²) in [6, 6.07) is 19.1. The largest absolute Gasteiger partial charge is 0.497 e. The molecule has 0 atom stereocenters. The molecule has 0 saturated carbocycles. The Kier molecular flexibility index (Phi) is 5.86. The first-order chi connectivity index (χ1) is 12.7. The van der Waals surface area contributed by atoms with Gasteiger partial charge in [0.05, 0.1) is 17.8 Å². The number of nitrogens with one attached hydrogen (secondary N) is 1. The number of methoxy groups -OCH3 is 1. The molecule has 0 fully saturated rings. The van der Waals surface area contributed by atoms with Crippen LogP contribution in [0.3, 0.4) is 0 Å². The van der Waals surface area contributed by atoms with E-state index >= 15 is 0 Å². The van der Waals surface area contributed by atoms with Crippen molar-refractivity contribution >= 4 is 38.8 Å². The van der Waals surface area contributed by atoms with Gasteiger partial charge >= 0.3 is 0 Å². The van der Waals surface area contributed by atoms with Gasteiger partial charge in [-0.25, -0.2) is 5.43 Å². The first-order valence-electron chi connectivity index (χ1n) is 7.93. The van der Waals surface area contributed by atoms with Crippen LogP contribution in [-0.2, 0) is 4.79 Å². The first-order valence-corrected chi connectivity index (χ1v) is 8.72. The van der Waals surface area contributed by atoms with Crippen LogP contribution in [0.2, 0.25) is 0 Å². The molecule has 0 heterocycles. The third-order valence-electron chi connectivity index (χ3n) is 3.68. The Morgan fingerprint density at radius 2 is 2.00 bits per heavy atom. The maximum absolute atomic E-state index is 11.9.